The first kappa shape index (κ1) is 14.9. The van der Waals surface area contributed by atoms with Crippen molar-refractivity contribution in [3.63, 3.8) is 0 Å². The second kappa shape index (κ2) is 5.44. The van der Waals surface area contributed by atoms with Crippen molar-refractivity contribution in [1.29, 1.82) is 0 Å². The standard InChI is InChI=1S/C16H23NO3/c1-11(2)13-5-7-14(8-6-13)20-12(3)15(18)17-9-16(4,19)10-17/h5-8,11-12,19H,9-10H2,1-4H3. The fourth-order valence-electron chi connectivity index (χ4n) is 2.37. The van der Waals surface area contributed by atoms with Gasteiger partial charge in [0.2, 0.25) is 0 Å². The van der Waals surface area contributed by atoms with Crippen molar-refractivity contribution in [2.24, 2.45) is 0 Å². The van der Waals surface area contributed by atoms with Gasteiger partial charge in [-0.05, 0) is 37.5 Å². The lowest BCUT2D eigenvalue weighted by atomic mass is 9.96. The van der Waals surface area contributed by atoms with Crippen LogP contribution in [-0.4, -0.2) is 40.7 Å². The fourth-order valence-corrected chi connectivity index (χ4v) is 2.37. The van der Waals surface area contributed by atoms with Gasteiger partial charge in [0.1, 0.15) is 5.75 Å². The van der Waals surface area contributed by atoms with Crippen molar-refractivity contribution in [2.75, 3.05) is 13.1 Å². The minimum atomic E-state index is -0.742. The topological polar surface area (TPSA) is 49.8 Å². The number of hydrogen-bond donors (Lipinski definition) is 1. The molecule has 1 aliphatic heterocycles. The highest BCUT2D eigenvalue weighted by Crippen LogP contribution is 2.23. The maximum atomic E-state index is 12.1. The normalized spacial score (nSPS) is 18.6. The lowest BCUT2D eigenvalue weighted by Crippen LogP contribution is -2.63. The summed E-state index contributed by atoms with van der Waals surface area (Å²) in [5.74, 6) is 1.10. The zero-order chi connectivity index (χ0) is 14.9. The van der Waals surface area contributed by atoms with E-state index in [1.807, 2.05) is 24.3 Å². The summed E-state index contributed by atoms with van der Waals surface area (Å²) < 4.78 is 5.66. The number of nitrogens with zero attached hydrogens (tertiary/aromatic N) is 1. The van der Waals surface area contributed by atoms with Crippen LogP contribution in [0.4, 0.5) is 0 Å². The molecule has 4 heteroatoms. The summed E-state index contributed by atoms with van der Waals surface area (Å²) in [7, 11) is 0. The van der Waals surface area contributed by atoms with E-state index in [0.717, 1.165) is 0 Å². The van der Waals surface area contributed by atoms with Crippen LogP contribution in [0.5, 0.6) is 5.75 Å². The Labute approximate surface area is 120 Å². The Bertz CT molecular complexity index is 471. The highest BCUT2D eigenvalue weighted by Gasteiger charge is 2.41. The molecule has 1 unspecified atom stereocenters. The third-order valence-electron chi connectivity index (χ3n) is 3.58. The molecule has 0 aliphatic carbocycles. The second-order valence-corrected chi connectivity index (χ2v) is 6.18. The maximum absolute atomic E-state index is 12.1. The third-order valence-corrected chi connectivity index (χ3v) is 3.58. The van der Waals surface area contributed by atoms with Gasteiger partial charge in [0.05, 0.1) is 18.7 Å². The Hall–Kier alpha value is -1.55. The van der Waals surface area contributed by atoms with Gasteiger partial charge in [-0.2, -0.15) is 0 Å². The van der Waals surface area contributed by atoms with Gasteiger partial charge in [0.25, 0.3) is 5.91 Å². The lowest BCUT2D eigenvalue weighted by molar-refractivity contribution is -0.158. The fraction of sp³-hybridized carbons (Fsp3) is 0.562. The molecule has 2 rings (SSSR count). The molecule has 0 aromatic heterocycles. The van der Waals surface area contributed by atoms with Crippen molar-refractivity contribution < 1.29 is 14.6 Å². The first-order chi connectivity index (χ1) is 9.28. The Morgan fingerprint density at radius 1 is 1.25 bits per heavy atom. The van der Waals surface area contributed by atoms with Crippen molar-refractivity contribution >= 4 is 5.91 Å². The predicted octanol–water partition coefficient (Wildman–Crippen LogP) is 2.17. The smallest absolute Gasteiger partial charge is 0.263 e. The van der Waals surface area contributed by atoms with Gasteiger partial charge in [-0.25, -0.2) is 0 Å². The van der Waals surface area contributed by atoms with Gasteiger partial charge in [-0.3, -0.25) is 4.79 Å². The number of benzene rings is 1. The van der Waals surface area contributed by atoms with E-state index in [2.05, 4.69) is 13.8 Å². The molecule has 0 bridgehead atoms. The molecule has 1 aromatic rings. The number of hydrogen-bond acceptors (Lipinski definition) is 3. The average molecular weight is 277 g/mol. The Morgan fingerprint density at radius 3 is 2.25 bits per heavy atom. The molecule has 0 saturated carbocycles. The number of ether oxygens (including phenoxy) is 1. The molecule has 0 spiro atoms. The first-order valence-electron chi connectivity index (χ1n) is 7.06. The zero-order valence-corrected chi connectivity index (χ0v) is 12.6. The van der Waals surface area contributed by atoms with E-state index in [4.69, 9.17) is 4.74 Å². The van der Waals surface area contributed by atoms with Gasteiger partial charge >= 0.3 is 0 Å². The van der Waals surface area contributed by atoms with E-state index in [-0.39, 0.29) is 5.91 Å². The van der Waals surface area contributed by atoms with Crippen molar-refractivity contribution in [2.45, 2.75) is 45.3 Å². The summed E-state index contributed by atoms with van der Waals surface area (Å²) in [5, 5.41) is 9.65. The molecule has 20 heavy (non-hydrogen) atoms. The quantitative estimate of drug-likeness (QED) is 0.917. The van der Waals surface area contributed by atoms with Crippen LogP contribution in [0.2, 0.25) is 0 Å². The summed E-state index contributed by atoms with van der Waals surface area (Å²) in [5.41, 5.74) is 0.504. The molecule has 1 saturated heterocycles. The molecule has 0 radical (unpaired) electrons. The molecule has 1 atom stereocenters. The molecule has 1 amide bonds. The number of aliphatic hydroxyl groups is 1. The van der Waals surface area contributed by atoms with E-state index in [9.17, 15) is 9.90 Å². The van der Waals surface area contributed by atoms with Crippen LogP contribution >= 0.6 is 0 Å². The molecule has 1 fully saturated rings. The number of likely N-dealkylation sites (tertiary alicyclic amines) is 1. The molecular formula is C16H23NO3. The molecule has 1 aromatic carbocycles. The Balaban J connectivity index is 1.91. The highest BCUT2D eigenvalue weighted by molar-refractivity contribution is 5.82. The van der Waals surface area contributed by atoms with Gasteiger partial charge in [-0.15, -0.1) is 0 Å². The third kappa shape index (κ3) is 3.31. The van der Waals surface area contributed by atoms with Crippen molar-refractivity contribution in [3.8, 4) is 5.75 Å². The number of amides is 1. The van der Waals surface area contributed by atoms with Crippen LogP contribution in [0.25, 0.3) is 0 Å². The summed E-state index contributed by atoms with van der Waals surface area (Å²) in [6, 6.07) is 7.83. The van der Waals surface area contributed by atoms with Gasteiger partial charge in [0, 0.05) is 0 Å². The largest absolute Gasteiger partial charge is 0.481 e. The van der Waals surface area contributed by atoms with Gasteiger partial charge in [0.15, 0.2) is 6.10 Å². The minimum absolute atomic E-state index is 0.0792. The van der Waals surface area contributed by atoms with E-state index in [1.54, 1.807) is 18.7 Å². The molecular weight excluding hydrogens is 254 g/mol. The van der Waals surface area contributed by atoms with E-state index in [1.165, 1.54) is 5.56 Å². The minimum Gasteiger partial charge on any atom is -0.481 e. The average Bonchev–Trinajstić information content (AvgIpc) is 2.35. The SMILES string of the molecule is CC(Oc1ccc(C(C)C)cc1)C(=O)N1CC(C)(O)C1. The van der Waals surface area contributed by atoms with Crippen LogP contribution in [0.1, 0.15) is 39.2 Å². The van der Waals surface area contributed by atoms with Gasteiger partial charge < -0.3 is 14.7 Å². The van der Waals surface area contributed by atoms with Crippen LogP contribution < -0.4 is 4.74 Å². The predicted molar refractivity (Wildman–Crippen MR) is 77.8 cm³/mol. The van der Waals surface area contributed by atoms with E-state index >= 15 is 0 Å². The number of rotatable bonds is 4. The second-order valence-electron chi connectivity index (χ2n) is 6.18. The van der Waals surface area contributed by atoms with Crippen LogP contribution in [0, 0.1) is 0 Å². The van der Waals surface area contributed by atoms with Crippen molar-refractivity contribution in [1.82, 2.24) is 4.90 Å². The maximum Gasteiger partial charge on any atom is 0.263 e. The Kier molecular flexibility index (Phi) is 4.04. The molecule has 1 heterocycles. The molecule has 1 aliphatic rings. The monoisotopic (exact) mass is 277 g/mol. The van der Waals surface area contributed by atoms with Crippen LogP contribution in [0.3, 0.4) is 0 Å². The zero-order valence-electron chi connectivity index (χ0n) is 12.6. The molecule has 1 N–H and O–H groups in total. The molecule has 4 nitrogen and oxygen atoms in total. The van der Waals surface area contributed by atoms with Crippen LogP contribution in [-0.2, 0) is 4.79 Å². The summed E-state index contributed by atoms with van der Waals surface area (Å²) in [4.78, 5) is 13.7. The van der Waals surface area contributed by atoms with Gasteiger partial charge in [-0.1, -0.05) is 26.0 Å². The number of carbonyl (C=O) groups excluding carboxylic acids is 1. The highest BCUT2D eigenvalue weighted by atomic mass is 16.5. The summed E-state index contributed by atoms with van der Waals surface area (Å²) >= 11 is 0. The van der Waals surface area contributed by atoms with E-state index in [0.29, 0.717) is 24.8 Å². The first-order valence-corrected chi connectivity index (χ1v) is 7.06. The van der Waals surface area contributed by atoms with Crippen LogP contribution in [0.15, 0.2) is 24.3 Å². The number of β-amino-alcohol motifs (C(OH)–C–C–N with tert-alkyl or cyclic N) is 1. The summed E-state index contributed by atoms with van der Waals surface area (Å²) in [6.45, 7) is 8.51. The summed E-state index contributed by atoms with van der Waals surface area (Å²) in [6.07, 6.45) is -0.531. The lowest BCUT2D eigenvalue weighted by Gasteiger charge is -2.44. The van der Waals surface area contributed by atoms with Crippen molar-refractivity contribution in [3.05, 3.63) is 29.8 Å². The Morgan fingerprint density at radius 2 is 1.80 bits per heavy atom. The van der Waals surface area contributed by atoms with E-state index < -0.39 is 11.7 Å². The number of carbonyl (C=O) groups is 1. The molecule has 110 valence electrons.